The number of hydrogen-bond donors (Lipinski definition) is 1. The van der Waals surface area contributed by atoms with Crippen LogP contribution in [0.1, 0.15) is 65.3 Å². The third-order valence-corrected chi connectivity index (χ3v) is 7.45. The summed E-state index contributed by atoms with van der Waals surface area (Å²) in [5.41, 5.74) is 7.57. The van der Waals surface area contributed by atoms with E-state index in [9.17, 15) is 9.50 Å². The van der Waals surface area contributed by atoms with Gasteiger partial charge in [-0.15, -0.1) is 0 Å². The third kappa shape index (κ3) is 4.14. The number of phenols is 1. The van der Waals surface area contributed by atoms with Crippen molar-refractivity contribution >= 4 is 0 Å². The lowest BCUT2D eigenvalue weighted by molar-refractivity contribution is 0.470. The summed E-state index contributed by atoms with van der Waals surface area (Å²) < 4.78 is 14.3. The molecule has 0 aliphatic carbocycles. The van der Waals surface area contributed by atoms with Gasteiger partial charge in [0.05, 0.1) is 0 Å². The van der Waals surface area contributed by atoms with Gasteiger partial charge in [0, 0.05) is 10.8 Å². The molecule has 0 bridgehead atoms. The highest BCUT2D eigenvalue weighted by Gasteiger charge is 2.32. The van der Waals surface area contributed by atoms with E-state index in [1.54, 1.807) is 19.1 Å². The minimum Gasteiger partial charge on any atom is -0.508 e. The van der Waals surface area contributed by atoms with Gasteiger partial charge in [0.1, 0.15) is 11.6 Å². The molecule has 2 heteroatoms. The van der Waals surface area contributed by atoms with Crippen molar-refractivity contribution in [2.75, 3.05) is 0 Å². The quantitative estimate of drug-likeness (QED) is 0.303. The van der Waals surface area contributed by atoms with Crippen LogP contribution in [0.3, 0.4) is 0 Å². The molecule has 34 heavy (non-hydrogen) atoms. The minimum atomic E-state index is -0.400. The van der Waals surface area contributed by atoms with Gasteiger partial charge in [0.25, 0.3) is 0 Å². The second-order valence-corrected chi connectivity index (χ2v) is 10.2. The molecule has 0 aliphatic heterocycles. The van der Waals surface area contributed by atoms with Gasteiger partial charge in [0.15, 0.2) is 0 Å². The Labute approximate surface area is 202 Å². The van der Waals surface area contributed by atoms with Crippen molar-refractivity contribution in [3.8, 4) is 5.75 Å². The van der Waals surface area contributed by atoms with Crippen LogP contribution in [0.25, 0.3) is 0 Å². The number of benzene rings is 4. The van der Waals surface area contributed by atoms with Gasteiger partial charge < -0.3 is 5.11 Å². The van der Waals surface area contributed by atoms with E-state index in [4.69, 9.17) is 0 Å². The topological polar surface area (TPSA) is 20.2 Å². The molecule has 4 rings (SSSR count). The SMILES string of the molecule is Cc1cccc([C@@](C)(c2ccc(C(C)(C)c3ccc(C)c(F)c3)cc2)c2ccc(O)c(C)c2)c1. The monoisotopic (exact) mass is 452 g/mol. The van der Waals surface area contributed by atoms with Crippen molar-refractivity contribution in [2.45, 2.75) is 52.4 Å². The second kappa shape index (κ2) is 8.76. The van der Waals surface area contributed by atoms with Crippen molar-refractivity contribution in [2.24, 2.45) is 0 Å². The summed E-state index contributed by atoms with van der Waals surface area (Å²) in [7, 11) is 0. The van der Waals surface area contributed by atoms with Crippen molar-refractivity contribution in [3.63, 3.8) is 0 Å². The van der Waals surface area contributed by atoms with Crippen LogP contribution in [0.2, 0.25) is 0 Å². The summed E-state index contributed by atoms with van der Waals surface area (Å²) in [5.74, 6) is 0.134. The van der Waals surface area contributed by atoms with Crippen molar-refractivity contribution < 1.29 is 9.50 Å². The Kier molecular flexibility index (Phi) is 6.12. The number of rotatable bonds is 5. The zero-order valence-corrected chi connectivity index (χ0v) is 20.9. The predicted octanol–water partition coefficient (Wildman–Crippen LogP) is 8.14. The van der Waals surface area contributed by atoms with Gasteiger partial charge in [0.2, 0.25) is 0 Å². The number of aryl methyl sites for hydroxylation is 3. The van der Waals surface area contributed by atoms with E-state index in [1.165, 1.54) is 11.1 Å². The Morgan fingerprint density at radius 1 is 0.588 bits per heavy atom. The molecule has 0 amide bonds. The molecular weight excluding hydrogens is 419 g/mol. The molecule has 0 aromatic heterocycles. The highest BCUT2D eigenvalue weighted by molar-refractivity contribution is 5.53. The van der Waals surface area contributed by atoms with Crippen LogP contribution in [-0.2, 0) is 10.8 Å². The Hall–Kier alpha value is -3.39. The van der Waals surface area contributed by atoms with E-state index in [0.717, 1.165) is 27.8 Å². The molecule has 0 aliphatic rings. The molecule has 4 aromatic carbocycles. The van der Waals surface area contributed by atoms with Gasteiger partial charge in [-0.1, -0.05) is 92.2 Å². The molecule has 4 aromatic rings. The third-order valence-electron chi connectivity index (χ3n) is 7.45. The van der Waals surface area contributed by atoms with E-state index in [0.29, 0.717) is 11.3 Å². The summed E-state index contributed by atoms with van der Waals surface area (Å²) in [4.78, 5) is 0. The van der Waals surface area contributed by atoms with Gasteiger partial charge in [-0.05, 0) is 78.8 Å². The standard InChI is InChI=1S/C32H33FO/c1-21-8-7-9-27(18-21)32(6,28-16-17-30(34)23(3)19-28)25-14-12-24(13-15-25)31(4,5)26-11-10-22(2)29(33)20-26/h7-20,34H,1-6H3/t32-/m1/s1. The summed E-state index contributed by atoms with van der Waals surface area (Å²) in [5, 5.41) is 10.1. The first-order valence-corrected chi connectivity index (χ1v) is 11.8. The molecule has 1 nitrogen and oxygen atoms in total. The zero-order chi connectivity index (χ0) is 24.7. The first-order chi connectivity index (χ1) is 16.0. The maximum absolute atomic E-state index is 14.3. The smallest absolute Gasteiger partial charge is 0.126 e. The lowest BCUT2D eigenvalue weighted by Crippen LogP contribution is -2.26. The second-order valence-electron chi connectivity index (χ2n) is 10.2. The highest BCUT2D eigenvalue weighted by atomic mass is 19.1. The lowest BCUT2D eigenvalue weighted by atomic mass is 9.69. The van der Waals surface area contributed by atoms with Crippen LogP contribution in [0, 0.1) is 26.6 Å². The fourth-order valence-corrected chi connectivity index (χ4v) is 4.79. The number of halogens is 1. The lowest BCUT2D eigenvalue weighted by Gasteiger charge is -2.34. The molecular formula is C32H33FO. The van der Waals surface area contributed by atoms with Crippen molar-refractivity contribution in [3.05, 3.63) is 135 Å². The number of aromatic hydroxyl groups is 1. The summed E-state index contributed by atoms with van der Waals surface area (Å²) >= 11 is 0. The summed E-state index contributed by atoms with van der Waals surface area (Å²) in [6.45, 7) is 12.3. The fraction of sp³-hybridized carbons (Fsp3) is 0.250. The van der Waals surface area contributed by atoms with E-state index in [1.807, 2.05) is 25.1 Å². The first kappa shape index (κ1) is 23.8. The van der Waals surface area contributed by atoms with Crippen LogP contribution < -0.4 is 0 Å². The number of phenolic OH excluding ortho intramolecular Hbond substituents is 1. The normalized spacial score (nSPS) is 13.5. The Morgan fingerprint density at radius 3 is 1.79 bits per heavy atom. The van der Waals surface area contributed by atoms with E-state index in [2.05, 4.69) is 82.3 Å². The van der Waals surface area contributed by atoms with Crippen LogP contribution >= 0.6 is 0 Å². The molecule has 1 atom stereocenters. The van der Waals surface area contributed by atoms with Gasteiger partial charge >= 0.3 is 0 Å². The maximum atomic E-state index is 14.3. The van der Waals surface area contributed by atoms with Crippen LogP contribution in [0.5, 0.6) is 5.75 Å². The largest absolute Gasteiger partial charge is 0.508 e. The van der Waals surface area contributed by atoms with Crippen LogP contribution in [0.4, 0.5) is 4.39 Å². The van der Waals surface area contributed by atoms with E-state index < -0.39 is 5.41 Å². The molecule has 0 heterocycles. The molecule has 0 spiro atoms. The van der Waals surface area contributed by atoms with E-state index in [-0.39, 0.29) is 11.2 Å². The van der Waals surface area contributed by atoms with Crippen molar-refractivity contribution in [1.82, 2.24) is 0 Å². The average molecular weight is 453 g/mol. The van der Waals surface area contributed by atoms with Crippen LogP contribution in [0.15, 0.2) is 84.9 Å². The minimum absolute atomic E-state index is 0.170. The van der Waals surface area contributed by atoms with E-state index >= 15 is 0 Å². The zero-order valence-electron chi connectivity index (χ0n) is 20.9. The van der Waals surface area contributed by atoms with Gasteiger partial charge in [-0.25, -0.2) is 4.39 Å². The van der Waals surface area contributed by atoms with Crippen molar-refractivity contribution in [1.29, 1.82) is 0 Å². The predicted molar refractivity (Wildman–Crippen MR) is 139 cm³/mol. The fourth-order valence-electron chi connectivity index (χ4n) is 4.79. The molecule has 0 unspecified atom stereocenters. The summed E-state index contributed by atoms with van der Waals surface area (Å²) in [6.07, 6.45) is 0. The molecule has 0 saturated heterocycles. The average Bonchev–Trinajstić information content (AvgIpc) is 2.82. The Morgan fingerprint density at radius 2 is 1.18 bits per heavy atom. The maximum Gasteiger partial charge on any atom is 0.126 e. The molecule has 0 saturated carbocycles. The summed E-state index contributed by atoms with van der Waals surface area (Å²) in [6, 6.07) is 28.7. The molecule has 0 fully saturated rings. The van der Waals surface area contributed by atoms with Gasteiger partial charge in [-0.2, -0.15) is 0 Å². The number of hydrogen-bond acceptors (Lipinski definition) is 1. The Bertz CT molecular complexity index is 1330. The highest BCUT2D eigenvalue weighted by Crippen LogP contribution is 2.41. The molecule has 0 radical (unpaired) electrons. The Balaban J connectivity index is 1.83. The molecule has 174 valence electrons. The molecule has 1 N–H and O–H groups in total. The van der Waals surface area contributed by atoms with Gasteiger partial charge in [-0.3, -0.25) is 0 Å². The first-order valence-electron chi connectivity index (χ1n) is 11.8. The van der Waals surface area contributed by atoms with Crippen LogP contribution in [-0.4, -0.2) is 5.11 Å².